The lowest BCUT2D eigenvalue weighted by Gasteiger charge is -2.14. The molecule has 0 aliphatic rings. The van der Waals surface area contributed by atoms with Gasteiger partial charge in [-0.15, -0.1) is 11.3 Å². The summed E-state index contributed by atoms with van der Waals surface area (Å²) in [6.07, 6.45) is 0. The van der Waals surface area contributed by atoms with Crippen molar-refractivity contribution >= 4 is 50.5 Å². The lowest BCUT2D eigenvalue weighted by molar-refractivity contribution is -0.138. The highest BCUT2D eigenvalue weighted by molar-refractivity contribution is 9.10. The number of carboxylic acids is 1. The van der Waals surface area contributed by atoms with E-state index < -0.39 is 12.0 Å². The Bertz CT molecular complexity index is 559. The van der Waals surface area contributed by atoms with E-state index >= 15 is 0 Å². The molecule has 0 radical (unpaired) electrons. The summed E-state index contributed by atoms with van der Waals surface area (Å²) in [7, 11) is 0. The Balaban J connectivity index is 2.24. The third kappa shape index (κ3) is 3.04. The van der Waals surface area contributed by atoms with Crippen LogP contribution in [0.25, 0.3) is 0 Å². The first-order chi connectivity index (χ1) is 8.58. The molecule has 0 bridgehead atoms. The Labute approximate surface area is 122 Å². The number of anilines is 1. The summed E-state index contributed by atoms with van der Waals surface area (Å²) in [5, 5.41) is 14.6. The maximum atomic E-state index is 11.3. The van der Waals surface area contributed by atoms with Crippen LogP contribution in [0, 0.1) is 0 Å². The van der Waals surface area contributed by atoms with Crippen LogP contribution in [0.4, 0.5) is 5.69 Å². The number of carboxylic acid groups (broad SMARTS) is 1. The zero-order valence-electron chi connectivity index (χ0n) is 9.06. The molecular formula is C12H9BrClNO2S. The van der Waals surface area contributed by atoms with Crippen molar-refractivity contribution in [3.8, 4) is 0 Å². The van der Waals surface area contributed by atoms with Crippen LogP contribution in [-0.2, 0) is 4.79 Å². The van der Waals surface area contributed by atoms with Gasteiger partial charge in [-0.25, -0.2) is 4.79 Å². The van der Waals surface area contributed by atoms with Gasteiger partial charge in [0.05, 0.1) is 5.02 Å². The van der Waals surface area contributed by atoms with Crippen molar-refractivity contribution in [3.05, 3.63) is 50.1 Å². The fourth-order valence-electron chi connectivity index (χ4n) is 1.46. The Hall–Kier alpha value is -1.04. The topological polar surface area (TPSA) is 49.3 Å². The van der Waals surface area contributed by atoms with E-state index in [1.165, 1.54) is 11.3 Å². The monoisotopic (exact) mass is 345 g/mol. The summed E-state index contributed by atoms with van der Waals surface area (Å²) in [6, 6.07) is 8.08. The van der Waals surface area contributed by atoms with Gasteiger partial charge in [0.2, 0.25) is 0 Å². The number of nitrogens with one attached hydrogen (secondary N) is 1. The highest BCUT2D eigenvalue weighted by atomic mass is 79.9. The van der Waals surface area contributed by atoms with Gasteiger partial charge < -0.3 is 10.4 Å². The second kappa shape index (κ2) is 5.73. The Morgan fingerprint density at radius 2 is 2.22 bits per heavy atom. The van der Waals surface area contributed by atoms with Gasteiger partial charge in [0, 0.05) is 15.0 Å². The van der Waals surface area contributed by atoms with E-state index in [4.69, 9.17) is 11.6 Å². The molecule has 1 atom stereocenters. The maximum Gasteiger partial charge on any atom is 0.331 e. The fourth-order valence-corrected chi connectivity index (χ4v) is 2.73. The van der Waals surface area contributed by atoms with Gasteiger partial charge in [-0.05, 0) is 45.6 Å². The Kier molecular flexibility index (Phi) is 4.27. The number of thiophene rings is 1. The van der Waals surface area contributed by atoms with Crippen LogP contribution < -0.4 is 5.32 Å². The number of rotatable bonds is 4. The Morgan fingerprint density at radius 3 is 2.78 bits per heavy atom. The van der Waals surface area contributed by atoms with Gasteiger partial charge in [0.1, 0.15) is 0 Å². The van der Waals surface area contributed by atoms with Gasteiger partial charge in [0.15, 0.2) is 6.04 Å². The lowest BCUT2D eigenvalue weighted by Crippen LogP contribution is -2.19. The molecule has 0 amide bonds. The van der Waals surface area contributed by atoms with E-state index in [0.29, 0.717) is 10.7 Å². The molecule has 1 unspecified atom stereocenters. The van der Waals surface area contributed by atoms with Crippen LogP contribution in [0.1, 0.15) is 10.9 Å². The molecule has 0 aliphatic carbocycles. The molecular weight excluding hydrogens is 338 g/mol. The van der Waals surface area contributed by atoms with Crippen molar-refractivity contribution in [3.63, 3.8) is 0 Å². The highest BCUT2D eigenvalue weighted by Gasteiger charge is 2.20. The van der Waals surface area contributed by atoms with Crippen LogP contribution in [0.15, 0.2) is 40.2 Å². The van der Waals surface area contributed by atoms with Gasteiger partial charge in [-0.1, -0.05) is 17.7 Å². The third-order valence-electron chi connectivity index (χ3n) is 2.31. The molecule has 2 rings (SSSR count). The van der Waals surface area contributed by atoms with E-state index in [0.717, 1.165) is 9.35 Å². The summed E-state index contributed by atoms with van der Waals surface area (Å²) in [5.74, 6) is -0.913. The molecule has 0 saturated heterocycles. The first kappa shape index (κ1) is 13.4. The molecule has 0 spiro atoms. The van der Waals surface area contributed by atoms with Crippen LogP contribution in [-0.4, -0.2) is 11.1 Å². The van der Waals surface area contributed by atoms with Gasteiger partial charge in [0.25, 0.3) is 0 Å². The number of carbonyl (C=O) groups is 1. The van der Waals surface area contributed by atoms with Crippen molar-refractivity contribution in [2.24, 2.45) is 0 Å². The molecule has 1 heterocycles. The Morgan fingerprint density at radius 1 is 1.44 bits per heavy atom. The van der Waals surface area contributed by atoms with Crippen molar-refractivity contribution in [2.75, 3.05) is 5.32 Å². The standard InChI is InChI=1S/C12H9BrClNO2S/c13-8-6-7(3-4-9(8)14)15-11(12(16)17)10-2-1-5-18-10/h1-6,11,15H,(H,16,17). The van der Waals surface area contributed by atoms with E-state index in [-0.39, 0.29) is 0 Å². The summed E-state index contributed by atoms with van der Waals surface area (Å²) >= 11 is 10.6. The van der Waals surface area contributed by atoms with Crippen molar-refractivity contribution in [1.29, 1.82) is 0 Å². The highest BCUT2D eigenvalue weighted by Crippen LogP contribution is 2.29. The lowest BCUT2D eigenvalue weighted by atomic mass is 10.2. The maximum absolute atomic E-state index is 11.3. The van der Waals surface area contributed by atoms with E-state index in [1.54, 1.807) is 24.3 Å². The molecule has 94 valence electrons. The minimum atomic E-state index is -0.913. The molecule has 0 aliphatic heterocycles. The van der Waals surface area contributed by atoms with Gasteiger partial charge in [-0.3, -0.25) is 0 Å². The number of halogens is 2. The molecule has 6 heteroatoms. The molecule has 3 nitrogen and oxygen atoms in total. The number of benzene rings is 1. The predicted molar refractivity (Wildman–Crippen MR) is 77.5 cm³/mol. The predicted octanol–water partition coefficient (Wildman–Crippen LogP) is 4.40. The van der Waals surface area contributed by atoms with Gasteiger partial charge >= 0.3 is 5.97 Å². The number of hydrogen-bond acceptors (Lipinski definition) is 3. The third-order valence-corrected chi connectivity index (χ3v) is 4.46. The first-order valence-corrected chi connectivity index (χ1v) is 7.11. The molecule has 0 saturated carbocycles. The van der Waals surface area contributed by atoms with Gasteiger partial charge in [-0.2, -0.15) is 0 Å². The zero-order valence-corrected chi connectivity index (χ0v) is 12.2. The quantitative estimate of drug-likeness (QED) is 0.862. The summed E-state index contributed by atoms with van der Waals surface area (Å²) in [4.78, 5) is 12.0. The van der Waals surface area contributed by atoms with Crippen LogP contribution in [0.2, 0.25) is 5.02 Å². The van der Waals surface area contributed by atoms with Crippen LogP contribution in [0.3, 0.4) is 0 Å². The molecule has 18 heavy (non-hydrogen) atoms. The summed E-state index contributed by atoms with van der Waals surface area (Å²) in [6.45, 7) is 0. The molecule has 0 fully saturated rings. The number of hydrogen-bond donors (Lipinski definition) is 2. The normalized spacial score (nSPS) is 12.1. The van der Waals surface area contributed by atoms with E-state index in [9.17, 15) is 9.90 Å². The SMILES string of the molecule is O=C(O)C(Nc1ccc(Cl)c(Br)c1)c1cccs1. The molecule has 1 aromatic carbocycles. The van der Waals surface area contributed by atoms with Crippen LogP contribution >= 0.6 is 38.9 Å². The average Bonchev–Trinajstić information content (AvgIpc) is 2.83. The minimum Gasteiger partial charge on any atom is -0.479 e. The minimum absolute atomic E-state index is 0.587. The molecule has 2 N–H and O–H groups in total. The fraction of sp³-hybridized carbons (Fsp3) is 0.0833. The van der Waals surface area contributed by atoms with Crippen molar-refractivity contribution in [2.45, 2.75) is 6.04 Å². The summed E-state index contributed by atoms with van der Waals surface area (Å²) < 4.78 is 0.726. The van der Waals surface area contributed by atoms with Crippen molar-refractivity contribution < 1.29 is 9.90 Å². The zero-order chi connectivity index (χ0) is 13.1. The average molecular weight is 347 g/mol. The first-order valence-electron chi connectivity index (χ1n) is 5.05. The van der Waals surface area contributed by atoms with Crippen LogP contribution in [0.5, 0.6) is 0 Å². The number of aliphatic carboxylic acids is 1. The van der Waals surface area contributed by atoms with E-state index in [1.807, 2.05) is 11.4 Å². The summed E-state index contributed by atoms with van der Waals surface area (Å²) in [5.41, 5.74) is 0.701. The van der Waals surface area contributed by atoms with Crippen molar-refractivity contribution in [1.82, 2.24) is 0 Å². The molecule has 1 aromatic heterocycles. The largest absolute Gasteiger partial charge is 0.479 e. The molecule has 2 aromatic rings. The second-order valence-corrected chi connectivity index (χ2v) is 5.80. The second-order valence-electron chi connectivity index (χ2n) is 3.56. The van der Waals surface area contributed by atoms with E-state index in [2.05, 4.69) is 21.2 Å². The smallest absolute Gasteiger partial charge is 0.331 e.